The van der Waals surface area contributed by atoms with E-state index < -0.39 is 0 Å². The van der Waals surface area contributed by atoms with Crippen LogP contribution >= 0.6 is 31.9 Å². The number of halogens is 2. The van der Waals surface area contributed by atoms with Gasteiger partial charge in [-0.25, -0.2) is 0 Å². The van der Waals surface area contributed by atoms with Crippen LogP contribution in [0.3, 0.4) is 0 Å². The zero-order valence-electron chi connectivity index (χ0n) is 10.3. The first-order chi connectivity index (χ1) is 8.08. The number of ether oxygens (including phenoxy) is 1. The third kappa shape index (κ3) is 7.06. The summed E-state index contributed by atoms with van der Waals surface area (Å²) in [4.78, 5) is 2.87. The molecule has 0 radical (unpaired) electrons. The molecule has 1 aromatic rings. The molecular formula is C13H19Br2NO. The zero-order chi connectivity index (χ0) is 12.7. The Morgan fingerprint density at radius 1 is 1.35 bits per heavy atom. The number of alkyl halides is 1. The Kier molecular flexibility index (Phi) is 7.16. The number of benzene rings is 1. The van der Waals surface area contributed by atoms with E-state index >= 15 is 0 Å². The molecule has 0 aromatic heterocycles. The van der Waals surface area contributed by atoms with Crippen molar-refractivity contribution in [2.45, 2.75) is 18.2 Å². The van der Waals surface area contributed by atoms with E-state index in [4.69, 9.17) is 4.74 Å². The van der Waals surface area contributed by atoms with Gasteiger partial charge in [0.25, 0.3) is 0 Å². The highest BCUT2D eigenvalue weighted by Crippen LogP contribution is 2.17. The lowest BCUT2D eigenvalue weighted by molar-refractivity contribution is 0.236. The molecule has 0 saturated carbocycles. The predicted molar refractivity (Wildman–Crippen MR) is 80.1 cm³/mol. The van der Waals surface area contributed by atoms with Gasteiger partial charge in [0.2, 0.25) is 0 Å². The molecule has 1 atom stereocenters. The van der Waals surface area contributed by atoms with Gasteiger partial charge in [0.1, 0.15) is 12.4 Å². The number of likely N-dealkylation sites (N-methyl/N-ethyl adjacent to an activating group) is 1. The molecular weight excluding hydrogens is 346 g/mol. The first-order valence-electron chi connectivity index (χ1n) is 5.79. The van der Waals surface area contributed by atoms with Crippen molar-refractivity contribution < 1.29 is 4.74 Å². The molecule has 96 valence electrons. The van der Waals surface area contributed by atoms with Gasteiger partial charge in [-0.3, -0.25) is 0 Å². The van der Waals surface area contributed by atoms with Gasteiger partial charge in [0.15, 0.2) is 0 Å². The Morgan fingerprint density at radius 3 is 2.76 bits per heavy atom. The van der Waals surface area contributed by atoms with Gasteiger partial charge >= 0.3 is 0 Å². The van der Waals surface area contributed by atoms with E-state index in [1.54, 1.807) is 0 Å². The molecule has 4 heteroatoms. The van der Waals surface area contributed by atoms with Gasteiger partial charge in [-0.15, -0.1) is 0 Å². The molecule has 0 N–H and O–H groups in total. The topological polar surface area (TPSA) is 12.5 Å². The summed E-state index contributed by atoms with van der Waals surface area (Å²) in [6.45, 7) is 4.94. The summed E-state index contributed by atoms with van der Waals surface area (Å²) in [5, 5.41) is 0. The second kappa shape index (κ2) is 8.11. The minimum Gasteiger partial charge on any atom is -0.492 e. The molecule has 0 fully saturated rings. The molecule has 0 aliphatic carbocycles. The van der Waals surface area contributed by atoms with Crippen molar-refractivity contribution in [2.24, 2.45) is 0 Å². The van der Waals surface area contributed by atoms with E-state index in [2.05, 4.69) is 50.7 Å². The first-order valence-corrected chi connectivity index (χ1v) is 7.50. The van der Waals surface area contributed by atoms with Crippen LogP contribution in [0.4, 0.5) is 0 Å². The van der Waals surface area contributed by atoms with Gasteiger partial charge in [-0.1, -0.05) is 44.8 Å². The fourth-order valence-corrected chi connectivity index (χ4v) is 1.97. The number of hydrogen-bond donors (Lipinski definition) is 0. The van der Waals surface area contributed by atoms with Crippen LogP contribution in [-0.4, -0.2) is 36.5 Å². The van der Waals surface area contributed by atoms with Gasteiger partial charge in [0, 0.05) is 15.8 Å². The Balaban J connectivity index is 2.19. The lowest BCUT2D eigenvalue weighted by Crippen LogP contribution is -2.26. The van der Waals surface area contributed by atoms with Crippen molar-refractivity contribution in [2.75, 3.05) is 26.7 Å². The van der Waals surface area contributed by atoms with Crippen molar-refractivity contribution in [3.8, 4) is 5.75 Å². The van der Waals surface area contributed by atoms with Gasteiger partial charge in [0.05, 0.1) is 0 Å². The summed E-state index contributed by atoms with van der Waals surface area (Å²) >= 11 is 6.98. The summed E-state index contributed by atoms with van der Waals surface area (Å²) in [5.41, 5.74) is 0. The predicted octanol–water partition coefficient (Wildman–Crippen LogP) is 3.93. The average molecular weight is 365 g/mol. The largest absolute Gasteiger partial charge is 0.492 e. The van der Waals surface area contributed by atoms with Crippen LogP contribution in [0.25, 0.3) is 0 Å². The number of hydrogen-bond acceptors (Lipinski definition) is 2. The van der Waals surface area contributed by atoms with Crippen molar-refractivity contribution in [1.29, 1.82) is 0 Å². The van der Waals surface area contributed by atoms with Crippen LogP contribution in [0.5, 0.6) is 5.75 Å². The highest BCUT2D eigenvalue weighted by Gasteiger charge is 2.02. The highest BCUT2D eigenvalue weighted by molar-refractivity contribution is 9.10. The summed E-state index contributed by atoms with van der Waals surface area (Å²) in [6, 6.07) is 7.94. The molecule has 0 aliphatic rings. The molecule has 1 aromatic carbocycles. The zero-order valence-corrected chi connectivity index (χ0v) is 13.5. The molecule has 0 amide bonds. The third-order valence-electron chi connectivity index (χ3n) is 2.45. The standard InChI is InChI=1S/C13H19Br2NO/c1-11(14)6-7-16(2)8-9-17-13-5-3-4-12(15)10-13/h3-5,10-11H,6-9H2,1-2H3. The van der Waals surface area contributed by atoms with E-state index in [9.17, 15) is 0 Å². The average Bonchev–Trinajstić information content (AvgIpc) is 2.26. The SMILES string of the molecule is CC(Br)CCN(C)CCOc1cccc(Br)c1. The van der Waals surface area contributed by atoms with Crippen LogP contribution < -0.4 is 4.74 Å². The minimum atomic E-state index is 0.580. The summed E-state index contributed by atoms with van der Waals surface area (Å²) in [7, 11) is 2.12. The first kappa shape index (κ1) is 15.0. The second-order valence-corrected chi connectivity index (χ2v) is 6.66. The lowest BCUT2D eigenvalue weighted by atomic mass is 10.3. The Hall–Kier alpha value is -0.0600. The molecule has 0 heterocycles. The number of rotatable bonds is 7. The molecule has 0 saturated heterocycles. The van der Waals surface area contributed by atoms with Crippen molar-refractivity contribution in [3.63, 3.8) is 0 Å². The molecule has 2 nitrogen and oxygen atoms in total. The van der Waals surface area contributed by atoms with Gasteiger partial charge in [-0.05, 0) is 38.2 Å². The monoisotopic (exact) mass is 363 g/mol. The second-order valence-electron chi connectivity index (χ2n) is 4.18. The summed E-state index contributed by atoms with van der Waals surface area (Å²) < 4.78 is 6.73. The number of nitrogens with zero attached hydrogens (tertiary/aromatic N) is 1. The minimum absolute atomic E-state index is 0.580. The van der Waals surface area contributed by atoms with Gasteiger partial charge in [-0.2, -0.15) is 0 Å². The maximum absolute atomic E-state index is 5.68. The maximum Gasteiger partial charge on any atom is 0.120 e. The Bertz CT molecular complexity index is 331. The molecule has 0 aliphatic heterocycles. The molecule has 0 bridgehead atoms. The lowest BCUT2D eigenvalue weighted by Gasteiger charge is -2.17. The fraction of sp³-hybridized carbons (Fsp3) is 0.538. The highest BCUT2D eigenvalue weighted by atomic mass is 79.9. The molecule has 17 heavy (non-hydrogen) atoms. The smallest absolute Gasteiger partial charge is 0.120 e. The van der Waals surface area contributed by atoms with Gasteiger partial charge < -0.3 is 9.64 Å². The maximum atomic E-state index is 5.68. The van der Waals surface area contributed by atoms with E-state index in [0.717, 1.165) is 36.3 Å². The van der Waals surface area contributed by atoms with E-state index in [1.807, 2.05) is 24.3 Å². The fourth-order valence-electron chi connectivity index (χ4n) is 1.39. The van der Waals surface area contributed by atoms with Crippen LogP contribution in [0, 0.1) is 0 Å². The van der Waals surface area contributed by atoms with Crippen molar-refractivity contribution in [1.82, 2.24) is 4.90 Å². The normalized spacial score (nSPS) is 12.8. The van der Waals surface area contributed by atoms with Crippen LogP contribution in [0.2, 0.25) is 0 Å². The van der Waals surface area contributed by atoms with E-state index in [1.165, 1.54) is 0 Å². The summed E-state index contributed by atoms with van der Waals surface area (Å²) in [6.07, 6.45) is 1.16. The molecule has 0 spiro atoms. The quantitative estimate of drug-likeness (QED) is 0.679. The van der Waals surface area contributed by atoms with Crippen LogP contribution in [-0.2, 0) is 0 Å². The van der Waals surface area contributed by atoms with Crippen LogP contribution in [0.15, 0.2) is 28.7 Å². The van der Waals surface area contributed by atoms with Crippen molar-refractivity contribution in [3.05, 3.63) is 28.7 Å². The van der Waals surface area contributed by atoms with Crippen LogP contribution in [0.1, 0.15) is 13.3 Å². The Morgan fingerprint density at radius 2 is 2.12 bits per heavy atom. The van der Waals surface area contributed by atoms with E-state index in [-0.39, 0.29) is 0 Å². The van der Waals surface area contributed by atoms with Crippen molar-refractivity contribution >= 4 is 31.9 Å². The Labute approximate surface area is 121 Å². The van der Waals surface area contributed by atoms with E-state index in [0.29, 0.717) is 4.83 Å². The summed E-state index contributed by atoms with van der Waals surface area (Å²) in [5.74, 6) is 0.918. The molecule has 1 rings (SSSR count). The molecule has 1 unspecified atom stereocenters. The third-order valence-corrected chi connectivity index (χ3v) is 3.40.